The summed E-state index contributed by atoms with van der Waals surface area (Å²) >= 11 is 0. The zero-order valence-electron chi connectivity index (χ0n) is 17.7. The van der Waals surface area contributed by atoms with Gasteiger partial charge in [0.15, 0.2) is 5.78 Å². The first kappa shape index (κ1) is 20.6. The average molecular weight is 404 g/mol. The topological polar surface area (TPSA) is 96.2 Å². The molecule has 0 heterocycles. The van der Waals surface area contributed by atoms with E-state index in [9.17, 15) is 14.7 Å². The molecule has 4 rings (SSSR count). The lowest BCUT2D eigenvalue weighted by Crippen LogP contribution is -2.57. The van der Waals surface area contributed by atoms with Crippen LogP contribution in [0.15, 0.2) is 16.8 Å². The number of oxime groups is 1. The van der Waals surface area contributed by atoms with Gasteiger partial charge in [0.05, 0.1) is 5.71 Å². The van der Waals surface area contributed by atoms with Gasteiger partial charge in [-0.15, -0.1) is 0 Å². The molecular formula is C23H33NO5. The summed E-state index contributed by atoms with van der Waals surface area (Å²) in [5.41, 5.74) is 0.903. The van der Waals surface area contributed by atoms with Crippen LogP contribution >= 0.6 is 0 Å². The van der Waals surface area contributed by atoms with Gasteiger partial charge >= 0.3 is 5.97 Å². The smallest absolute Gasteiger partial charge is 0.344 e. The highest BCUT2D eigenvalue weighted by Gasteiger charge is 2.65. The molecule has 4 aliphatic rings. The van der Waals surface area contributed by atoms with Crippen molar-refractivity contribution >= 4 is 17.5 Å². The highest BCUT2D eigenvalue weighted by molar-refractivity contribution is 5.96. The van der Waals surface area contributed by atoms with E-state index in [4.69, 9.17) is 9.94 Å². The van der Waals surface area contributed by atoms with Crippen LogP contribution in [0.4, 0.5) is 0 Å². The van der Waals surface area contributed by atoms with E-state index < -0.39 is 18.2 Å². The Kier molecular flexibility index (Phi) is 4.92. The Hall–Kier alpha value is -1.69. The molecular weight excluding hydrogens is 370 g/mol. The molecule has 0 saturated heterocycles. The summed E-state index contributed by atoms with van der Waals surface area (Å²) in [6, 6.07) is 0. The van der Waals surface area contributed by atoms with E-state index in [0.717, 1.165) is 50.7 Å². The molecule has 0 aliphatic heterocycles. The van der Waals surface area contributed by atoms with Crippen LogP contribution in [0, 0.1) is 28.6 Å². The molecule has 3 saturated carbocycles. The molecule has 4 aliphatic carbocycles. The Bertz CT molecular complexity index is 788. The Morgan fingerprint density at radius 1 is 1.14 bits per heavy atom. The largest absolute Gasteiger partial charge is 0.479 e. The number of carbonyl (C=O) groups excluding carboxylic acids is 1. The monoisotopic (exact) mass is 403 g/mol. The molecule has 6 atom stereocenters. The molecule has 29 heavy (non-hydrogen) atoms. The third kappa shape index (κ3) is 2.97. The summed E-state index contributed by atoms with van der Waals surface area (Å²) in [6.45, 7) is 5.67. The number of ketones is 1. The number of aliphatic hydroxyl groups is 1. The van der Waals surface area contributed by atoms with Crippen LogP contribution in [-0.4, -0.2) is 39.9 Å². The normalized spacial score (nSPS) is 45.0. The standard InChI is InChI=1S/C23H33NO5/c1-14(25)23(28)11-8-19-17-5-4-15-12-16(24-29-13-20(26)27)6-9-21(15,2)18(17)7-10-22(19,23)3/h12,17-19,28H,4-11,13H2,1-3H3,(H,26,27)/t17-,18+,19+,21+,22+,23+/m1/s1. The minimum absolute atomic E-state index is 0.0663. The van der Waals surface area contributed by atoms with Crippen LogP contribution in [0.25, 0.3) is 0 Å². The number of fused-ring (bicyclic) bond motifs is 5. The second kappa shape index (κ2) is 6.93. The summed E-state index contributed by atoms with van der Waals surface area (Å²) in [7, 11) is 0. The number of hydrogen-bond acceptors (Lipinski definition) is 5. The van der Waals surface area contributed by atoms with E-state index in [2.05, 4.69) is 25.1 Å². The summed E-state index contributed by atoms with van der Waals surface area (Å²) in [4.78, 5) is 27.9. The molecule has 0 spiro atoms. The molecule has 0 bridgehead atoms. The Morgan fingerprint density at radius 2 is 1.86 bits per heavy atom. The molecule has 160 valence electrons. The van der Waals surface area contributed by atoms with E-state index in [-0.39, 0.29) is 16.6 Å². The predicted octanol–water partition coefficient (Wildman–Crippen LogP) is 3.73. The van der Waals surface area contributed by atoms with Crippen molar-refractivity contribution in [1.82, 2.24) is 0 Å². The SMILES string of the molecule is CC(=O)[C@@]1(O)CC[C@H]2[C@@H]3CCC4=CC(=NOCC(=O)O)CC[C@]4(C)[C@H]3CC[C@@]21C. The van der Waals surface area contributed by atoms with Crippen molar-refractivity contribution in [1.29, 1.82) is 0 Å². The van der Waals surface area contributed by atoms with Gasteiger partial charge in [0.25, 0.3) is 0 Å². The van der Waals surface area contributed by atoms with E-state index in [1.54, 1.807) is 6.92 Å². The lowest BCUT2D eigenvalue weighted by atomic mass is 9.46. The van der Waals surface area contributed by atoms with Gasteiger partial charge in [0.1, 0.15) is 5.60 Å². The maximum absolute atomic E-state index is 12.3. The van der Waals surface area contributed by atoms with Crippen molar-refractivity contribution in [2.45, 2.75) is 77.7 Å². The van der Waals surface area contributed by atoms with E-state index in [1.807, 2.05) is 0 Å². The van der Waals surface area contributed by atoms with E-state index in [0.29, 0.717) is 24.2 Å². The molecule has 0 amide bonds. The molecule has 0 radical (unpaired) electrons. The molecule has 6 nitrogen and oxygen atoms in total. The molecule has 0 aromatic heterocycles. The number of hydrogen-bond donors (Lipinski definition) is 2. The van der Waals surface area contributed by atoms with Crippen LogP contribution in [0.3, 0.4) is 0 Å². The Balaban J connectivity index is 1.57. The molecule has 6 heteroatoms. The highest BCUT2D eigenvalue weighted by atomic mass is 16.6. The second-order valence-electron chi connectivity index (χ2n) is 10.2. The minimum atomic E-state index is -1.16. The fourth-order valence-electron chi connectivity index (χ4n) is 7.41. The van der Waals surface area contributed by atoms with Gasteiger partial charge in [-0.05, 0) is 87.5 Å². The highest BCUT2D eigenvalue weighted by Crippen LogP contribution is 2.67. The minimum Gasteiger partial charge on any atom is -0.479 e. The van der Waals surface area contributed by atoms with Gasteiger partial charge in [-0.3, -0.25) is 4.79 Å². The molecule has 0 aromatic carbocycles. The lowest BCUT2D eigenvalue weighted by Gasteiger charge is -2.59. The van der Waals surface area contributed by atoms with Gasteiger partial charge < -0.3 is 15.1 Å². The van der Waals surface area contributed by atoms with Gasteiger partial charge in [0.2, 0.25) is 6.61 Å². The number of carboxylic acids is 1. The van der Waals surface area contributed by atoms with E-state index >= 15 is 0 Å². The van der Waals surface area contributed by atoms with Crippen LogP contribution in [0.5, 0.6) is 0 Å². The van der Waals surface area contributed by atoms with Gasteiger partial charge in [-0.2, -0.15) is 0 Å². The number of Topliss-reactive ketones (excluding diaryl/α,β-unsaturated/α-hetero) is 1. The first-order valence-corrected chi connectivity index (χ1v) is 11.0. The zero-order chi connectivity index (χ0) is 21.0. The first-order chi connectivity index (χ1) is 13.6. The first-order valence-electron chi connectivity index (χ1n) is 11.0. The van der Waals surface area contributed by atoms with Gasteiger partial charge in [0, 0.05) is 5.41 Å². The van der Waals surface area contributed by atoms with Crippen LogP contribution in [0.1, 0.15) is 72.1 Å². The molecule has 3 fully saturated rings. The fourth-order valence-corrected chi connectivity index (χ4v) is 7.41. The van der Waals surface area contributed by atoms with Crippen molar-refractivity contribution in [2.75, 3.05) is 6.61 Å². The number of rotatable bonds is 4. The van der Waals surface area contributed by atoms with Crippen molar-refractivity contribution in [3.05, 3.63) is 11.6 Å². The van der Waals surface area contributed by atoms with Crippen LogP contribution < -0.4 is 0 Å². The maximum atomic E-state index is 12.3. The molecule has 0 aromatic rings. The maximum Gasteiger partial charge on any atom is 0.344 e. The molecule has 2 N–H and O–H groups in total. The van der Waals surface area contributed by atoms with E-state index in [1.165, 1.54) is 5.57 Å². The van der Waals surface area contributed by atoms with Crippen molar-refractivity contribution in [3.63, 3.8) is 0 Å². The zero-order valence-corrected chi connectivity index (χ0v) is 17.7. The lowest BCUT2D eigenvalue weighted by molar-refractivity contribution is -0.159. The quantitative estimate of drug-likeness (QED) is 0.697. The van der Waals surface area contributed by atoms with Gasteiger partial charge in [-0.1, -0.05) is 24.6 Å². The third-order valence-electron chi connectivity index (χ3n) is 9.08. The number of carbonyl (C=O) groups is 2. The second-order valence-corrected chi connectivity index (χ2v) is 10.2. The fraction of sp³-hybridized carbons (Fsp3) is 0.783. The van der Waals surface area contributed by atoms with Crippen LogP contribution in [0.2, 0.25) is 0 Å². The summed E-state index contributed by atoms with van der Waals surface area (Å²) in [6.07, 6.45) is 9.50. The Labute approximate surface area is 172 Å². The van der Waals surface area contributed by atoms with Crippen molar-refractivity contribution in [2.24, 2.45) is 33.7 Å². The third-order valence-corrected chi connectivity index (χ3v) is 9.08. The summed E-state index contributed by atoms with van der Waals surface area (Å²) < 4.78 is 0. The van der Waals surface area contributed by atoms with Crippen molar-refractivity contribution in [3.8, 4) is 0 Å². The predicted molar refractivity (Wildman–Crippen MR) is 108 cm³/mol. The van der Waals surface area contributed by atoms with Gasteiger partial charge in [-0.25, -0.2) is 4.79 Å². The number of carboxylic acid groups (broad SMARTS) is 1. The number of aliphatic carboxylic acids is 1. The number of nitrogens with zero attached hydrogens (tertiary/aromatic N) is 1. The van der Waals surface area contributed by atoms with Crippen LogP contribution in [-0.2, 0) is 14.4 Å². The van der Waals surface area contributed by atoms with Crippen molar-refractivity contribution < 1.29 is 24.6 Å². The summed E-state index contributed by atoms with van der Waals surface area (Å²) in [5.74, 6) is 0.434. The average Bonchev–Trinajstić information content (AvgIpc) is 2.94. The summed E-state index contributed by atoms with van der Waals surface area (Å²) in [5, 5.41) is 24.0. The Morgan fingerprint density at radius 3 is 2.55 bits per heavy atom. The molecule has 0 unspecified atom stereocenters. The number of allylic oxidation sites excluding steroid dienone is 2.